The molecule has 1 fully saturated rings. The molecule has 1 heterocycles. The van der Waals surface area contributed by atoms with Crippen LogP contribution in [-0.4, -0.2) is 50.4 Å². The van der Waals surface area contributed by atoms with E-state index < -0.39 is 0 Å². The number of benzene rings is 1. The van der Waals surface area contributed by atoms with Gasteiger partial charge in [0.25, 0.3) is 0 Å². The summed E-state index contributed by atoms with van der Waals surface area (Å²) in [5.74, 6) is -0.291. The number of halogens is 1. The molecule has 1 aromatic rings. The molecular formula is C17H24BrN3O2. The van der Waals surface area contributed by atoms with E-state index >= 15 is 0 Å². The average Bonchev–Trinajstić information content (AvgIpc) is 2.85. The van der Waals surface area contributed by atoms with Crippen LogP contribution in [0, 0.1) is 12.8 Å². The van der Waals surface area contributed by atoms with Gasteiger partial charge in [0.05, 0.1) is 11.6 Å². The highest BCUT2D eigenvalue weighted by atomic mass is 79.9. The lowest BCUT2D eigenvalue weighted by molar-refractivity contribution is -0.126. The summed E-state index contributed by atoms with van der Waals surface area (Å²) in [7, 11) is 4.02. The number of hydrogen-bond acceptors (Lipinski definition) is 3. The van der Waals surface area contributed by atoms with Crippen LogP contribution >= 0.6 is 15.9 Å². The van der Waals surface area contributed by atoms with Crippen molar-refractivity contribution in [2.24, 2.45) is 5.92 Å². The predicted molar refractivity (Wildman–Crippen MR) is 95.5 cm³/mol. The second kappa shape index (κ2) is 7.93. The molecule has 0 bridgehead atoms. The number of nitrogens with zero attached hydrogens (tertiary/aromatic N) is 2. The Balaban J connectivity index is 1.93. The Labute approximate surface area is 146 Å². The monoisotopic (exact) mass is 381 g/mol. The van der Waals surface area contributed by atoms with Crippen LogP contribution in [0.3, 0.4) is 0 Å². The van der Waals surface area contributed by atoms with Gasteiger partial charge >= 0.3 is 0 Å². The van der Waals surface area contributed by atoms with Crippen molar-refractivity contribution in [3.63, 3.8) is 0 Å². The number of hydrogen-bond donors (Lipinski definition) is 1. The molecule has 23 heavy (non-hydrogen) atoms. The van der Waals surface area contributed by atoms with Gasteiger partial charge in [0, 0.05) is 24.0 Å². The molecule has 0 aliphatic carbocycles. The van der Waals surface area contributed by atoms with E-state index in [4.69, 9.17) is 0 Å². The number of anilines is 1. The molecule has 126 valence electrons. The van der Waals surface area contributed by atoms with E-state index in [0.29, 0.717) is 13.1 Å². The van der Waals surface area contributed by atoms with Gasteiger partial charge in [0.15, 0.2) is 0 Å². The van der Waals surface area contributed by atoms with E-state index in [9.17, 15) is 9.59 Å². The molecule has 1 aliphatic heterocycles. The summed E-state index contributed by atoms with van der Waals surface area (Å²) in [5, 5.41) is 2.94. The highest BCUT2D eigenvalue weighted by Crippen LogP contribution is 2.32. The summed E-state index contributed by atoms with van der Waals surface area (Å²) < 4.78 is 0.887. The molecule has 2 amide bonds. The number of amides is 2. The van der Waals surface area contributed by atoms with Crippen LogP contribution in [0.15, 0.2) is 22.7 Å². The predicted octanol–water partition coefficient (Wildman–Crippen LogP) is 2.18. The molecule has 0 radical (unpaired) electrons. The van der Waals surface area contributed by atoms with Gasteiger partial charge in [0.1, 0.15) is 0 Å². The maximum absolute atomic E-state index is 12.3. The summed E-state index contributed by atoms with van der Waals surface area (Å²) in [5.41, 5.74) is 1.96. The van der Waals surface area contributed by atoms with Crippen LogP contribution < -0.4 is 10.2 Å². The van der Waals surface area contributed by atoms with Crippen molar-refractivity contribution in [3.8, 4) is 0 Å². The molecule has 0 saturated carbocycles. The molecule has 1 N–H and O–H groups in total. The van der Waals surface area contributed by atoms with Crippen molar-refractivity contribution in [1.29, 1.82) is 0 Å². The van der Waals surface area contributed by atoms with Crippen molar-refractivity contribution in [1.82, 2.24) is 10.2 Å². The van der Waals surface area contributed by atoms with E-state index in [1.165, 1.54) is 0 Å². The van der Waals surface area contributed by atoms with E-state index in [0.717, 1.165) is 28.7 Å². The van der Waals surface area contributed by atoms with E-state index in [2.05, 4.69) is 26.1 Å². The molecule has 5 nitrogen and oxygen atoms in total. The second-order valence-electron chi connectivity index (χ2n) is 6.31. The number of rotatable bonds is 6. The molecule has 2 rings (SSSR count). The number of carbonyl (C=O) groups is 2. The first kappa shape index (κ1) is 17.9. The fraction of sp³-hybridized carbons (Fsp3) is 0.529. The minimum atomic E-state index is -0.268. The lowest BCUT2D eigenvalue weighted by Crippen LogP contribution is -2.34. The van der Waals surface area contributed by atoms with Gasteiger partial charge in [-0.1, -0.05) is 6.07 Å². The van der Waals surface area contributed by atoms with Crippen LogP contribution in [0.2, 0.25) is 0 Å². The molecule has 0 spiro atoms. The molecular weight excluding hydrogens is 358 g/mol. The van der Waals surface area contributed by atoms with E-state index in [1.807, 2.05) is 39.2 Å². The molecule has 1 atom stereocenters. The Morgan fingerprint density at radius 3 is 2.83 bits per heavy atom. The van der Waals surface area contributed by atoms with Gasteiger partial charge < -0.3 is 15.1 Å². The van der Waals surface area contributed by atoms with Crippen molar-refractivity contribution < 1.29 is 9.59 Å². The Morgan fingerprint density at radius 1 is 1.43 bits per heavy atom. The molecule has 6 heteroatoms. The molecule has 1 unspecified atom stereocenters. The van der Waals surface area contributed by atoms with Gasteiger partial charge in [-0.3, -0.25) is 9.59 Å². The zero-order valence-electron chi connectivity index (χ0n) is 13.9. The standard InChI is InChI=1S/C17H24BrN3O2/c1-12-5-6-15(14(18)9-12)21-11-13(10-16(21)22)17(23)19-7-4-8-20(2)3/h5-6,9,13H,4,7-8,10-11H2,1-3H3,(H,19,23). The molecule has 1 saturated heterocycles. The van der Waals surface area contributed by atoms with Crippen LogP contribution in [0.1, 0.15) is 18.4 Å². The van der Waals surface area contributed by atoms with E-state index in [-0.39, 0.29) is 24.2 Å². The number of aryl methyl sites for hydroxylation is 1. The van der Waals surface area contributed by atoms with Crippen LogP contribution in [0.25, 0.3) is 0 Å². The van der Waals surface area contributed by atoms with Crippen molar-refractivity contribution in [3.05, 3.63) is 28.2 Å². The van der Waals surface area contributed by atoms with Crippen LogP contribution in [0.4, 0.5) is 5.69 Å². The van der Waals surface area contributed by atoms with Gasteiger partial charge in [-0.2, -0.15) is 0 Å². The van der Waals surface area contributed by atoms with Gasteiger partial charge in [-0.15, -0.1) is 0 Å². The Hall–Kier alpha value is -1.40. The fourth-order valence-corrected chi connectivity index (χ4v) is 3.41. The Morgan fingerprint density at radius 2 is 2.17 bits per heavy atom. The molecule has 1 aromatic carbocycles. The minimum absolute atomic E-state index is 0.00277. The summed E-state index contributed by atoms with van der Waals surface area (Å²) >= 11 is 3.51. The minimum Gasteiger partial charge on any atom is -0.356 e. The number of nitrogens with one attached hydrogen (secondary N) is 1. The van der Waals surface area contributed by atoms with Gasteiger partial charge in [0.2, 0.25) is 11.8 Å². The first-order chi connectivity index (χ1) is 10.9. The summed E-state index contributed by atoms with van der Waals surface area (Å²) in [6, 6.07) is 5.88. The largest absolute Gasteiger partial charge is 0.356 e. The Bertz CT molecular complexity index is 589. The lowest BCUT2D eigenvalue weighted by atomic mass is 10.1. The quantitative estimate of drug-likeness (QED) is 0.768. The zero-order chi connectivity index (χ0) is 17.0. The summed E-state index contributed by atoms with van der Waals surface area (Å²) in [4.78, 5) is 28.3. The molecule has 1 aliphatic rings. The Kier molecular flexibility index (Phi) is 6.18. The van der Waals surface area contributed by atoms with Crippen molar-refractivity contribution in [2.45, 2.75) is 19.8 Å². The van der Waals surface area contributed by atoms with Gasteiger partial charge in [-0.05, 0) is 67.6 Å². The van der Waals surface area contributed by atoms with E-state index in [1.54, 1.807) is 4.90 Å². The average molecular weight is 382 g/mol. The SMILES string of the molecule is Cc1ccc(N2CC(C(=O)NCCCN(C)C)CC2=O)c(Br)c1. The normalized spacial score (nSPS) is 17.9. The smallest absolute Gasteiger partial charge is 0.227 e. The number of carbonyl (C=O) groups excluding carboxylic acids is 2. The van der Waals surface area contributed by atoms with Crippen LogP contribution in [-0.2, 0) is 9.59 Å². The maximum Gasteiger partial charge on any atom is 0.227 e. The third kappa shape index (κ3) is 4.78. The van der Waals surface area contributed by atoms with Gasteiger partial charge in [-0.25, -0.2) is 0 Å². The first-order valence-electron chi connectivity index (χ1n) is 7.87. The van der Waals surface area contributed by atoms with Crippen LogP contribution in [0.5, 0.6) is 0 Å². The van der Waals surface area contributed by atoms with Crippen molar-refractivity contribution >= 4 is 33.4 Å². The lowest BCUT2D eigenvalue weighted by Gasteiger charge is -2.18. The first-order valence-corrected chi connectivity index (χ1v) is 8.66. The fourth-order valence-electron chi connectivity index (χ4n) is 2.70. The highest BCUT2D eigenvalue weighted by Gasteiger charge is 2.35. The zero-order valence-corrected chi connectivity index (χ0v) is 15.5. The third-order valence-corrected chi connectivity index (χ3v) is 4.61. The maximum atomic E-state index is 12.3. The third-order valence-electron chi connectivity index (χ3n) is 3.97. The molecule has 0 aromatic heterocycles. The summed E-state index contributed by atoms with van der Waals surface area (Å²) in [6.45, 7) is 4.03. The second-order valence-corrected chi connectivity index (χ2v) is 7.16. The van der Waals surface area contributed by atoms with Crippen molar-refractivity contribution in [2.75, 3.05) is 38.6 Å². The topological polar surface area (TPSA) is 52.7 Å². The summed E-state index contributed by atoms with van der Waals surface area (Å²) in [6.07, 6.45) is 1.19. The highest BCUT2D eigenvalue weighted by molar-refractivity contribution is 9.10.